The first-order chi connectivity index (χ1) is 24.6. The Morgan fingerprint density at radius 1 is 0.902 bits per heavy atom. The Bertz CT molecular complexity index is 1920. The second-order valence-corrected chi connectivity index (χ2v) is 16.8. The van der Waals surface area contributed by atoms with Crippen molar-refractivity contribution in [2.24, 2.45) is 34.6 Å². The summed E-state index contributed by atoms with van der Waals surface area (Å²) in [5.74, 6) is 0.360. The summed E-state index contributed by atoms with van der Waals surface area (Å²) in [6.45, 7) is 5.21. The van der Waals surface area contributed by atoms with Crippen LogP contribution >= 0.6 is 0 Å². The number of aliphatic imine (C=N–C) groups is 1. The largest absolute Gasteiger partial charge is 0.384 e. The summed E-state index contributed by atoms with van der Waals surface area (Å²) in [6, 6.07) is 15.7. The third-order valence-corrected chi connectivity index (χ3v) is 14.8. The van der Waals surface area contributed by atoms with Crippen molar-refractivity contribution in [1.29, 1.82) is 0 Å². The molecular weight excluding hydrogens is 652 g/mol. The number of rotatable bonds is 6. The second-order valence-electron chi connectivity index (χ2n) is 16.8. The maximum Gasteiger partial charge on any atom is 0.264 e. The number of hydrogen-bond acceptors (Lipinski definition) is 10. The van der Waals surface area contributed by atoms with Gasteiger partial charge in [-0.3, -0.25) is 29.1 Å². The Morgan fingerprint density at radius 3 is 2.14 bits per heavy atom. The molecule has 1 N–H and O–H groups in total. The van der Waals surface area contributed by atoms with Crippen molar-refractivity contribution in [1.82, 2.24) is 5.06 Å². The number of fused-ring (bicyclic) bond motifs is 5. The summed E-state index contributed by atoms with van der Waals surface area (Å²) in [4.78, 5) is 51.5. The molecule has 0 aromatic heterocycles. The third-order valence-electron chi connectivity index (χ3n) is 14.8. The van der Waals surface area contributed by atoms with E-state index >= 15 is 0 Å². The number of carbonyl (C=O) groups is 2. The highest BCUT2D eigenvalue weighted by Gasteiger charge is 2.80. The van der Waals surface area contributed by atoms with Gasteiger partial charge in [0.15, 0.2) is 5.72 Å². The minimum absolute atomic E-state index is 0.0106. The van der Waals surface area contributed by atoms with Crippen LogP contribution in [0, 0.1) is 29.6 Å². The second kappa shape index (κ2) is 10.0. The summed E-state index contributed by atoms with van der Waals surface area (Å²) in [6.07, 6.45) is 2.30. The number of benzene rings is 2. The molecule has 8 fully saturated rings. The van der Waals surface area contributed by atoms with Crippen molar-refractivity contribution >= 4 is 28.9 Å². The van der Waals surface area contributed by atoms with Crippen LogP contribution in [0.1, 0.15) is 57.1 Å². The van der Waals surface area contributed by atoms with Gasteiger partial charge in [-0.1, -0.05) is 43.3 Å². The number of nitrogens with zero attached hydrogens (tertiary/aromatic N) is 4. The van der Waals surface area contributed by atoms with E-state index in [1.54, 1.807) is 7.11 Å². The number of hydroxylamine groups is 4. The van der Waals surface area contributed by atoms with Crippen molar-refractivity contribution in [3.63, 3.8) is 0 Å². The quantitative estimate of drug-likeness (QED) is 0.453. The van der Waals surface area contributed by atoms with E-state index in [4.69, 9.17) is 29.0 Å². The lowest BCUT2D eigenvalue weighted by atomic mass is 9.68. The van der Waals surface area contributed by atoms with Crippen LogP contribution in [0.15, 0.2) is 53.5 Å². The molecule has 9 aliphatic heterocycles. The average Bonchev–Trinajstić information content (AvgIpc) is 3.68. The molecule has 2 aromatic carbocycles. The van der Waals surface area contributed by atoms with Crippen LogP contribution in [-0.4, -0.2) is 90.7 Å². The molecule has 12 heteroatoms. The molecule has 6 saturated heterocycles. The van der Waals surface area contributed by atoms with E-state index in [2.05, 4.69) is 12.0 Å². The van der Waals surface area contributed by atoms with Crippen LogP contribution in [0.4, 0.5) is 11.4 Å². The molecule has 8 bridgehead atoms. The van der Waals surface area contributed by atoms with Gasteiger partial charge in [-0.05, 0) is 62.3 Å². The lowest BCUT2D eigenvalue weighted by molar-refractivity contribution is -0.139. The summed E-state index contributed by atoms with van der Waals surface area (Å²) >= 11 is 0. The third kappa shape index (κ3) is 3.54. The van der Waals surface area contributed by atoms with E-state index in [1.165, 1.54) is 17.2 Å². The molecule has 9 heterocycles. The Morgan fingerprint density at radius 2 is 1.49 bits per heavy atom. The van der Waals surface area contributed by atoms with Crippen molar-refractivity contribution < 1.29 is 38.7 Å². The van der Waals surface area contributed by atoms with Crippen LogP contribution < -0.4 is 10.1 Å². The standard InChI is InChI=1S/C39H44N4O8/c1-20(39-26-14-32-38(17-30(43(39)51-39)23(26)19-50-32)25-10-6-8-12-29(25)42(48-4)35(38)45)15-36(2,46)33-21-13-31-37(16-27(40-33)22(21)18-49-31)24-9-5-7-11-28(24)41(47-3)34(37)44/h5-12,20-23,26-27,30-32,46H,13-19H2,1-4H3/t20?,21-,22+,23+,26-,27+,30+,31-,32-,36+,37+,38+,39-,43?/m1/s1. The number of amides is 2. The molecule has 2 unspecified atom stereocenters. The lowest BCUT2D eigenvalue weighted by Crippen LogP contribution is -2.54. The topological polar surface area (TPSA) is 126 Å². The number of ether oxygens (including phenoxy) is 2. The van der Waals surface area contributed by atoms with Crippen molar-refractivity contribution in [3.8, 4) is 0 Å². The summed E-state index contributed by atoms with van der Waals surface area (Å²) in [7, 11) is 3.08. The number of para-hydroxylation sites is 2. The highest BCUT2D eigenvalue weighted by molar-refractivity contribution is 6.08. The molecule has 2 spiro atoms. The molecule has 11 aliphatic rings. The van der Waals surface area contributed by atoms with E-state index in [0.29, 0.717) is 45.3 Å². The molecule has 51 heavy (non-hydrogen) atoms. The van der Waals surface area contributed by atoms with Gasteiger partial charge in [-0.15, -0.1) is 5.06 Å². The van der Waals surface area contributed by atoms with Crippen LogP contribution in [-0.2, 0) is 44.4 Å². The number of aliphatic hydroxyl groups is 1. The highest BCUT2D eigenvalue weighted by Crippen LogP contribution is 2.69. The van der Waals surface area contributed by atoms with Gasteiger partial charge < -0.3 is 14.6 Å². The first-order valence-electron chi connectivity index (χ1n) is 18.6. The molecule has 14 atom stereocenters. The van der Waals surface area contributed by atoms with Gasteiger partial charge in [-0.25, -0.2) is 0 Å². The molecule has 2 amide bonds. The lowest BCUT2D eigenvalue weighted by Gasteiger charge is -2.42. The van der Waals surface area contributed by atoms with Gasteiger partial charge >= 0.3 is 0 Å². The van der Waals surface area contributed by atoms with Gasteiger partial charge in [0, 0.05) is 41.3 Å². The SMILES string of the molecule is CON1C(=O)[C@@]2(C[C@@H]3N=C([C@@](C)(O)CC(C)[C@]45ON4[C@H]4C[C@@]6(C(=O)N(OC)c7ccccc76)[C@H]6C[C@@H]5[C@@H]4CO6)[C@@H]4C[C@H]2OC[C@H]34)c2ccccc21. The molecule has 0 radical (unpaired) electrons. The normalized spacial score (nSPS) is 45.1. The van der Waals surface area contributed by atoms with Gasteiger partial charge in [0.1, 0.15) is 16.4 Å². The van der Waals surface area contributed by atoms with Gasteiger partial charge in [-0.2, -0.15) is 10.1 Å². The zero-order chi connectivity index (χ0) is 34.8. The predicted octanol–water partition coefficient (Wildman–Crippen LogP) is 3.45. The maximum absolute atomic E-state index is 14.2. The molecule has 13 rings (SSSR count). The van der Waals surface area contributed by atoms with E-state index in [9.17, 15) is 14.7 Å². The molecule has 2 aromatic rings. The Labute approximate surface area is 296 Å². The van der Waals surface area contributed by atoms with E-state index in [0.717, 1.165) is 28.2 Å². The molecular formula is C39H44N4O8. The highest BCUT2D eigenvalue weighted by atomic mass is 16.9. The minimum Gasteiger partial charge on any atom is -0.384 e. The van der Waals surface area contributed by atoms with Crippen LogP contribution in [0.5, 0.6) is 0 Å². The van der Waals surface area contributed by atoms with Crippen LogP contribution in [0.2, 0.25) is 0 Å². The average molecular weight is 697 g/mol. The maximum atomic E-state index is 14.2. The van der Waals surface area contributed by atoms with Crippen molar-refractivity contribution in [2.75, 3.05) is 37.6 Å². The smallest absolute Gasteiger partial charge is 0.264 e. The van der Waals surface area contributed by atoms with Crippen molar-refractivity contribution in [3.05, 3.63) is 59.7 Å². The zero-order valence-electron chi connectivity index (χ0n) is 29.4. The first kappa shape index (κ1) is 31.3. The Balaban J connectivity index is 0.881. The summed E-state index contributed by atoms with van der Waals surface area (Å²) in [5.41, 5.74) is 0.926. The predicted molar refractivity (Wildman–Crippen MR) is 182 cm³/mol. The molecule has 268 valence electrons. The minimum atomic E-state index is -1.17. The number of anilines is 2. The summed E-state index contributed by atoms with van der Waals surface area (Å²) < 4.78 is 13.1. The fourth-order valence-corrected chi connectivity index (χ4v) is 12.8. The molecule has 2 saturated carbocycles. The molecule has 12 nitrogen and oxygen atoms in total. The number of hydrogen-bond donors (Lipinski definition) is 1. The van der Waals surface area contributed by atoms with Gasteiger partial charge in [0.05, 0.1) is 57.1 Å². The fraction of sp³-hybridized carbons (Fsp3) is 0.615. The molecule has 2 aliphatic carbocycles. The number of carbonyl (C=O) groups excluding carboxylic acids is 2. The van der Waals surface area contributed by atoms with Crippen molar-refractivity contribution in [2.45, 2.75) is 92.4 Å². The first-order valence-corrected chi connectivity index (χ1v) is 18.6. The fourth-order valence-electron chi connectivity index (χ4n) is 12.8. The monoisotopic (exact) mass is 696 g/mol. The van der Waals surface area contributed by atoms with E-state index in [1.807, 2.05) is 55.5 Å². The zero-order valence-corrected chi connectivity index (χ0v) is 29.4. The van der Waals surface area contributed by atoms with Crippen LogP contribution in [0.3, 0.4) is 0 Å². The Kier molecular flexibility index (Phi) is 6.17. The van der Waals surface area contributed by atoms with Gasteiger partial charge in [0.25, 0.3) is 11.8 Å². The van der Waals surface area contributed by atoms with E-state index < -0.39 is 22.2 Å². The summed E-state index contributed by atoms with van der Waals surface area (Å²) in [5, 5.41) is 17.5. The van der Waals surface area contributed by atoms with Crippen LogP contribution in [0.25, 0.3) is 0 Å². The van der Waals surface area contributed by atoms with E-state index in [-0.39, 0.29) is 65.7 Å². The van der Waals surface area contributed by atoms with Gasteiger partial charge in [0.2, 0.25) is 0 Å². The Hall–Kier alpha value is -3.23.